The number of carbonyl (C=O) groups is 3. The molecule has 0 saturated carbocycles. The molecule has 4 heterocycles. The second-order valence-electron chi connectivity index (χ2n) is 9.16. The van der Waals surface area contributed by atoms with Crippen LogP contribution in [0.4, 0.5) is 39.5 Å². The third-order valence-corrected chi connectivity index (χ3v) is 6.86. The molecule has 0 aromatic carbocycles. The summed E-state index contributed by atoms with van der Waals surface area (Å²) in [7, 11) is 0. The van der Waals surface area contributed by atoms with Crippen molar-refractivity contribution in [3.8, 4) is 0 Å². The number of aliphatic carboxylic acids is 3. The van der Waals surface area contributed by atoms with Gasteiger partial charge in [-0.1, -0.05) is 0 Å². The first-order chi connectivity index (χ1) is 19.2. The van der Waals surface area contributed by atoms with E-state index in [4.69, 9.17) is 34.4 Å². The lowest BCUT2D eigenvalue weighted by Gasteiger charge is -2.36. The molecule has 4 rings (SSSR count). The molecule has 0 radical (unpaired) electrons. The molecule has 0 unspecified atom stereocenters. The maximum Gasteiger partial charge on any atom is 0.490 e. The molecule has 0 amide bonds. The van der Waals surface area contributed by atoms with Gasteiger partial charge in [-0.3, -0.25) is 4.90 Å². The van der Waals surface area contributed by atoms with Crippen LogP contribution < -0.4 is 0 Å². The Morgan fingerprint density at radius 3 is 1.74 bits per heavy atom. The zero-order valence-corrected chi connectivity index (χ0v) is 22.4. The highest BCUT2D eigenvalue weighted by molar-refractivity contribution is 7.09. The average molecular weight is 650 g/mol. The summed E-state index contributed by atoms with van der Waals surface area (Å²) in [6, 6.07) is 0. The Kier molecular flexibility index (Phi) is 14.4. The van der Waals surface area contributed by atoms with Crippen molar-refractivity contribution in [2.45, 2.75) is 50.4 Å². The Hall–Kier alpha value is -2.71. The molecule has 20 heteroatoms. The number of hydrogen-bond acceptors (Lipinski definition) is 8. The minimum Gasteiger partial charge on any atom is -0.475 e. The van der Waals surface area contributed by atoms with E-state index in [9.17, 15) is 39.5 Å². The number of alkyl halides is 9. The molecule has 0 bridgehead atoms. The van der Waals surface area contributed by atoms with Gasteiger partial charge in [0.15, 0.2) is 0 Å². The van der Waals surface area contributed by atoms with Gasteiger partial charge in [0.05, 0.1) is 19.3 Å². The molecule has 3 aliphatic rings. The molecule has 3 aliphatic heterocycles. The van der Waals surface area contributed by atoms with Gasteiger partial charge in [0.2, 0.25) is 0 Å². The van der Waals surface area contributed by atoms with E-state index in [0.717, 1.165) is 31.5 Å². The molecule has 3 atom stereocenters. The van der Waals surface area contributed by atoms with Crippen molar-refractivity contribution in [3.63, 3.8) is 0 Å². The fraction of sp³-hybridized carbons (Fsp3) is 0.727. The molecule has 0 aliphatic carbocycles. The summed E-state index contributed by atoms with van der Waals surface area (Å²) in [5, 5.41) is 24.7. The number of rotatable bonds is 4. The highest BCUT2D eigenvalue weighted by Crippen LogP contribution is 2.35. The van der Waals surface area contributed by atoms with Crippen LogP contribution in [0.25, 0.3) is 0 Å². The van der Waals surface area contributed by atoms with E-state index in [1.165, 1.54) is 50.4 Å². The van der Waals surface area contributed by atoms with Gasteiger partial charge in [0.1, 0.15) is 5.01 Å². The predicted octanol–water partition coefficient (Wildman–Crippen LogP) is 3.98. The number of aromatic nitrogens is 1. The van der Waals surface area contributed by atoms with Crippen LogP contribution >= 0.6 is 11.3 Å². The van der Waals surface area contributed by atoms with Crippen molar-refractivity contribution in [1.82, 2.24) is 14.8 Å². The first-order valence-electron chi connectivity index (χ1n) is 12.1. The minimum absolute atomic E-state index is 0.465. The number of hydrogen-bond donors (Lipinski definition) is 3. The first kappa shape index (κ1) is 37.3. The van der Waals surface area contributed by atoms with Crippen LogP contribution in [0, 0.1) is 11.8 Å². The van der Waals surface area contributed by atoms with E-state index in [0.29, 0.717) is 6.10 Å². The third-order valence-electron chi connectivity index (χ3n) is 6.10. The Morgan fingerprint density at radius 2 is 1.33 bits per heavy atom. The Labute approximate surface area is 236 Å². The third kappa shape index (κ3) is 14.0. The van der Waals surface area contributed by atoms with Gasteiger partial charge in [-0.15, -0.1) is 11.3 Å². The average Bonchev–Trinajstić information content (AvgIpc) is 3.62. The number of piperidine rings is 1. The molecule has 3 saturated heterocycles. The molecule has 1 aromatic rings. The van der Waals surface area contributed by atoms with Crippen LogP contribution in [-0.2, 0) is 25.7 Å². The van der Waals surface area contributed by atoms with Crippen molar-refractivity contribution in [3.05, 3.63) is 16.6 Å². The Balaban J connectivity index is 0.000000348. The van der Waals surface area contributed by atoms with Gasteiger partial charge in [-0.25, -0.2) is 19.4 Å². The number of nitrogens with zero attached hydrogens (tertiary/aromatic N) is 3. The number of ether oxygens (including phenoxy) is 1. The zero-order valence-electron chi connectivity index (χ0n) is 21.6. The summed E-state index contributed by atoms with van der Waals surface area (Å²) < 4.78 is 101. The zero-order chi connectivity index (χ0) is 32.3. The summed E-state index contributed by atoms with van der Waals surface area (Å²) >= 11 is 1.78. The normalized spacial score (nSPS) is 22.8. The summed E-state index contributed by atoms with van der Waals surface area (Å²) in [5.74, 6) is -6.74. The molecular weight excluding hydrogens is 621 g/mol. The molecule has 3 N–H and O–H groups in total. The van der Waals surface area contributed by atoms with E-state index >= 15 is 0 Å². The van der Waals surface area contributed by atoms with Gasteiger partial charge in [-0.2, -0.15) is 39.5 Å². The first-order valence-corrected chi connectivity index (χ1v) is 12.9. The Morgan fingerprint density at radius 1 is 0.857 bits per heavy atom. The predicted molar refractivity (Wildman–Crippen MR) is 125 cm³/mol. The van der Waals surface area contributed by atoms with Gasteiger partial charge in [0, 0.05) is 30.6 Å². The molecule has 0 spiro atoms. The lowest BCUT2D eigenvalue weighted by molar-refractivity contribution is -0.193. The van der Waals surface area contributed by atoms with E-state index in [1.807, 2.05) is 6.20 Å². The summed E-state index contributed by atoms with van der Waals surface area (Å²) in [6.07, 6.45) is -8.82. The summed E-state index contributed by atoms with van der Waals surface area (Å²) in [4.78, 5) is 36.3. The van der Waals surface area contributed by atoms with Crippen LogP contribution in [-0.4, -0.2) is 112 Å². The van der Waals surface area contributed by atoms with Crippen LogP contribution in [0.2, 0.25) is 0 Å². The van der Waals surface area contributed by atoms with Gasteiger partial charge in [0.25, 0.3) is 0 Å². The van der Waals surface area contributed by atoms with Crippen LogP contribution in [0.15, 0.2) is 11.6 Å². The van der Waals surface area contributed by atoms with Crippen molar-refractivity contribution in [1.29, 1.82) is 0 Å². The number of carboxylic acid groups (broad SMARTS) is 3. The fourth-order valence-corrected chi connectivity index (χ4v) is 4.83. The van der Waals surface area contributed by atoms with Crippen LogP contribution in [0.3, 0.4) is 0 Å². The second kappa shape index (κ2) is 16.2. The fourth-order valence-electron chi connectivity index (χ4n) is 4.17. The highest BCUT2D eigenvalue weighted by Gasteiger charge is 2.42. The van der Waals surface area contributed by atoms with Crippen molar-refractivity contribution < 1.29 is 74.0 Å². The molecule has 42 heavy (non-hydrogen) atoms. The molecular formula is C22H28F9N3O7S. The maximum absolute atomic E-state index is 10.6. The van der Waals surface area contributed by atoms with Crippen molar-refractivity contribution in [2.75, 3.05) is 39.3 Å². The summed E-state index contributed by atoms with van der Waals surface area (Å²) in [5.41, 5.74) is 0. The number of carboxylic acids is 3. The lowest BCUT2D eigenvalue weighted by Crippen LogP contribution is -2.44. The minimum atomic E-state index is -5.08. The van der Waals surface area contributed by atoms with Crippen molar-refractivity contribution in [2.24, 2.45) is 11.8 Å². The number of fused-ring (bicyclic) bond motifs is 1. The molecule has 3 fully saturated rings. The lowest BCUT2D eigenvalue weighted by atomic mass is 9.84. The van der Waals surface area contributed by atoms with E-state index in [2.05, 4.69) is 20.2 Å². The SMILES string of the molecule is O=C(O)C(F)(F)F.O=C(O)C(F)(F)F.O=C(O)C(F)(F)F.c1csc(CN2CC[C@H]3CO[C@H](CN4CCCC4)[C@H]3C2)n1. The monoisotopic (exact) mass is 649 g/mol. The van der Waals surface area contributed by atoms with Crippen LogP contribution in [0.1, 0.15) is 24.3 Å². The van der Waals surface area contributed by atoms with Crippen molar-refractivity contribution >= 4 is 29.2 Å². The molecule has 1 aromatic heterocycles. The number of thiazole rings is 1. The maximum atomic E-state index is 10.6. The van der Waals surface area contributed by atoms with Gasteiger partial charge < -0.3 is 25.0 Å². The smallest absolute Gasteiger partial charge is 0.475 e. The van der Waals surface area contributed by atoms with Gasteiger partial charge in [-0.05, 0) is 44.8 Å². The largest absolute Gasteiger partial charge is 0.490 e. The summed E-state index contributed by atoms with van der Waals surface area (Å²) in [6.45, 7) is 8.14. The van der Waals surface area contributed by atoms with E-state index in [1.54, 1.807) is 11.3 Å². The standard InChI is InChI=1S/C16H25N3OS.3C2HF3O2/c1-2-6-18(5-1)10-15-14-9-19(7-3-13(14)12-20-15)11-16-17-4-8-21-16;3*3-2(4,5)1(6)7/h4,8,13-15H,1-3,5-7,9-12H2;3*(H,6,7)/t13-,14-,15+;;;/m0.../s1. The second-order valence-corrected chi connectivity index (χ2v) is 10.1. The molecule has 10 nitrogen and oxygen atoms in total. The molecule has 242 valence electrons. The quantitative estimate of drug-likeness (QED) is 0.411. The van der Waals surface area contributed by atoms with E-state index in [-0.39, 0.29) is 0 Å². The number of likely N-dealkylation sites (tertiary alicyclic amines) is 2. The Bertz CT molecular complexity index is 929. The topological polar surface area (TPSA) is 140 Å². The van der Waals surface area contributed by atoms with E-state index < -0.39 is 36.4 Å². The van der Waals surface area contributed by atoms with Gasteiger partial charge >= 0.3 is 36.4 Å². The van der Waals surface area contributed by atoms with Crippen LogP contribution in [0.5, 0.6) is 0 Å². The highest BCUT2D eigenvalue weighted by atomic mass is 32.1. The number of halogens is 9.